The monoisotopic (exact) mass is 226 g/mol. The molecule has 96 valence electrons. The third kappa shape index (κ3) is 3.48. The highest BCUT2D eigenvalue weighted by atomic mass is 16.3. The molecular weight excluding hydrogens is 196 g/mol. The smallest absolute Gasteiger partial charge is 0.0462 e. The van der Waals surface area contributed by atoms with Crippen molar-refractivity contribution in [2.45, 2.75) is 59.8 Å². The summed E-state index contributed by atoms with van der Waals surface area (Å²) in [4.78, 5) is 0. The normalized spacial score (nSPS) is 33.0. The van der Waals surface area contributed by atoms with Gasteiger partial charge in [0.15, 0.2) is 0 Å². The second kappa shape index (κ2) is 6.64. The molecule has 1 heteroatoms. The van der Waals surface area contributed by atoms with E-state index < -0.39 is 0 Å². The Morgan fingerprint density at radius 3 is 2.38 bits per heavy atom. The summed E-state index contributed by atoms with van der Waals surface area (Å²) in [5, 5.41) is 9.60. The van der Waals surface area contributed by atoms with Crippen molar-refractivity contribution in [1.29, 1.82) is 0 Å². The quantitative estimate of drug-likeness (QED) is 0.748. The molecule has 1 aliphatic carbocycles. The van der Waals surface area contributed by atoms with Gasteiger partial charge in [0.1, 0.15) is 0 Å². The van der Waals surface area contributed by atoms with E-state index in [2.05, 4.69) is 27.7 Å². The number of hydrogen-bond acceptors (Lipinski definition) is 1. The summed E-state index contributed by atoms with van der Waals surface area (Å²) >= 11 is 0. The standard InChI is InChI=1S/C15H30O/c1-5-6-13(10-16)15-9-12(4)7-8-14(15)11(2)3/h11-16H,5-10H2,1-4H3. The summed E-state index contributed by atoms with van der Waals surface area (Å²) in [6.45, 7) is 9.72. The Kier molecular flexibility index (Phi) is 5.82. The second-order valence-electron chi connectivity index (χ2n) is 6.22. The zero-order valence-corrected chi connectivity index (χ0v) is 11.6. The Balaban J connectivity index is 2.68. The molecule has 1 N–H and O–H groups in total. The van der Waals surface area contributed by atoms with Crippen LogP contribution in [0.5, 0.6) is 0 Å². The van der Waals surface area contributed by atoms with E-state index in [0.29, 0.717) is 12.5 Å². The topological polar surface area (TPSA) is 20.2 Å². The molecule has 0 amide bonds. The number of aliphatic hydroxyl groups excluding tert-OH is 1. The van der Waals surface area contributed by atoms with E-state index >= 15 is 0 Å². The van der Waals surface area contributed by atoms with Gasteiger partial charge in [0.25, 0.3) is 0 Å². The molecule has 4 atom stereocenters. The molecule has 16 heavy (non-hydrogen) atoms. The molecular formula is C15H30O. The minimum atomic E-state index is 0.397. The van der Waals surface area contributed by atoms with Crippen molar-refractivity contribution >= 4 is 0 Å². The Bertz CT molecular complexity index is 188. The summed E-state index contributed by atoms with van der Waals surface area (Å²) < 4.78 is 0. The van der Waals surface area contributed by atoms with Gasteiger partial charge in [-0.1, -0.05) is 40.5 Å². The lowest BCUT2D eigenvalue weighted by molar-refractivity contribution is 0.0540. The maximum Gasteiger partial charge on any atom is 0.0462 e. The molecule has 0 aromatic rings. The van der Waals surface area contributed by atoms with Crippen molar-refractivity contribution in [2.24, 2.45) is 29.6 Å². The SMILES string of the molecule is CCCC(CO)C1CC(C)CCC1C(C)C. The van der Waals surface area contributed by atoms with Crippen LogP contribution >= 0.6 is 0 Å². The molecule has 0 aliphatic heterocycles. The van der Waals surface area contributed by atoms with E-state index in [1.165, 1.54) is 32.1 Å². The second-order valence-corrected chi connectivity index (χ2v) is 6.22. The van der Waals surface area contributed by atoms with Crippen molar-refractivity contribution in [1.82, 2.24) is 0 Å². The lowest BCUT2D eigenvalue weighted by atomic mass is 9.65. The first-order valence-corrected chi connectivity index (χ1v) is 7.20. The van der Waals surface area contributed by atoms with E-state index in [9.17, 15) is 5.11 Å². The maximum absolute atomic E-state index is 9.60. The first-order chi connectivity index (χ1) is 7.60. The Hall–Kier alpha value is -0.0400. The molecule has 0 spiro atoms. The van der Waals surface area contributed by atoms with Gasteiger partial charge >= 0.3 is 0 Å². The van der Waals surface area contributed by atoms with E-state index in [4.69, 9.17) is 0 Å². The van der Waals surface area contributed by atoms with E-state index in [1.54, 1.807) is 0 Å². The van der Waals surface area contributed by atoms with Crippen LogP contribution in [0.3, 0.4) is 0 Å². The van der Waals surface area contributed by atoms with Crippen LogP contribution in [-0.4, -0.2) is 11.7 Å². The van der Waals surface area contributed by atoms with Crippen LogP contribution in [0.15, 0.2) is 0 Å². The first-order valence-electron chi connectivity index (χ1n) is 7.20. The van der Waals surface area contributed by atoms with Gasteiger partial charge in [0, 0.05) is 6.61 Å². The largest absolute Gasteiger partial charge is 0.396 e. The zero-order chi connectivity index (χ0) is 12.1. The number of rotatable bonds is 5. The Morgan fingerprint density at radius 1 is 1.19 bits per heavy atom. The lowest BCUT2D eigenvalue weighted by Crippen LogP contribution is -2.34. The summed E-state index contributed by atoms with van der Waals surface area (Å²) in [6.07, 6.45) is 6.53. The minimum absolute atomic E-state index is 0.397. The van der Waals surface area contributed by atoms with Crippen LogP contribution in [0.1, 0.15) is 59.8 Å². The van der Waals surface area contributed by atoms with Crippen LogP contribution in [0, 0.1) is 29.6 Å². The van der Waals surface area contributed by atoms with Gasteiger partial charge in [-0.3, -0.25) is 0 Å². The van der Waals surface area contributed by atoms with E-state index in [1.807, 2.05) is 0 Å². The maximum atomic E-state index is 9.60. The minimum Gasteiger partial charge on any atom is -0.396 e. The van der Waals surface area contributed by atoms with Crippen molar-refractivity contribution in [3.05, 3.63) is 0 Å². The molecule has 1 aliphatic rings. The van der Waals surface area contributed by atoms with Gasteiger partial charge in [-0.2, -0.15) is 0 Å². The average molecular weight is 226 g/mol. The summed E-state index contributed by atoms with van der Waals surface area (Å²) in [6, 6.07) is 0. The number of hydrogen-bond donors (Lipinski definition) is 1. The summed E-state index contributed by atoms with van der Waals surface area (Å²) in [5.41, 5.74) is 0. The highest BCUT2D eigenvalue weighted by Crippen LogP contribution is 2.42. The molecule has 0 radical (unpaired) electrons. The van der Waals surface area contributed by atoms with Gasteiger partial charge in [0.05, 0.1) is 0 Å². The number of aliphatic hydroxyl groups is 1. The average Bonchev–Trinajstić information content (AvgIpc) is 2.25. The molecule has 0 bridgehead atoms. The first kappa shape index (κ1) is 14.0. The predicted octanol–water partition coefficient (Wildman–Crippen LogP) is 4.10. The fourth-order valence-corrected chi connectivity index (χ4v) is 3.63. The molecule has 0 aromatic carbocycles. The predicted molar refractivity (Wildman–Crippen MR) is 70.3 cm³/mol. The van der Waals surface area contributed by atoms with Gasteiger partial charge in [-0.15, -0.1) is 0 Å². The van der Waals surface area contributed by atoms with E-state index in [0.717, 1.165) is 23.7 Å². The van der Waals surface area contributed by atoms with Gasteiger partial charge in [-0.05, 0) is 48.9 Å². The highest BCUT2D eigenvalue weighted by molar-refractivity contribution is 4.84. The van der Waals surface area contributed by atoms with Crippen molar-refractivity contribution in [3.63, 3.8) is 0 Å². The zero-order valence-electron chi connectivity index (χ0n) is 11.6. The fourth-order valence-electron chi connectivity index (χ4n) is 3.63. The Morgan fingerprint density at radius 2 is 1.88 bits per heavy atom. The third-order valence-electron chi connectivity index (χ3n) is 4.57. The van der Waals surface area contributed by atoms with Crippen LogP contribution in [0.4, 0.5) is 0 Å². The molecule has 1 nitrogen and oxygen atoms in total. The fraction of sp³-hybridized carbons (Fsp3) is 1.00. The van der Waals surface area contributed by atoms with Crippen molar-refractivity contribution in [2.75, 3.05) is 6.61 Å². The molecule has 1 fully saturated rings. The third-order valence-corrected chi connectivity index (χ3v) is 4.57. The molecule has 4 unspecified atom stereocenters. The van der Waals surface area contributed by atoms with E-state index in [-0.39, 0.29) is 0 Å². The van der Waals surface area contributed by atoms with Crippen LogP contribution in [0.2, 0.25) is 0 Å². The van der Waals surface area contributed by atoms with Crippen molar-refractivity contribution in [3.8, 4) is 0 Å². The summed E-state index contributed by atoms with van der Waals surface area (Å²) in [5.74, 6) is 3.82. The molecule has 0 saturated heterocycles. The van der Waals surface area contributed by atoms with Gasteiger partial charge < -0.3 is 5.11 Å². The van der Waals surface area contributed by atoms with Crippen LogP contribution < -0.4 is 0 Å². The lowest BCUT2D eigenvalue weighted by Gasteiger charge is -2.41. The van der Waals surface area contributed by atoms with Crippen LogP contribution in [-0.2, 0) is 0 Å². The molecule has 1 saturated carbocycles. The molecule has 0 aromatic heterocycles. The molecule has 1 rings (SSSR count). The van der Waals surface area contributed by atoms with Crippen LogP contribution in [0.25, 0.3) is 0 Å². The van der Waals surface area contributed by atoms with Gasteiger partial charge in [-0.25, -0.2) is 0 Å². The molecule has 0 heterocycles. The van der Waals surface area contributed by atoms with Crippen molar-refractivity contribution < 1.29 is 5.11 Å². The highest BCUT2D eigenvalue weighted by Gasteiger charge is 2.34. The Labute approximate surface area is 102 Å². The van der Waals surface area contributed by atoms with Gasteiger partial charge in [0.2, 0.25) is 0 Å². The summed E-state index contributed by atoms with van der Waals surface area (Å²) in [7, 11) is 0.